The molecule has 0 bridgehead atoms. The fraction of sp³-hybridized carbons (Fsp3) is 0.462. The lowest BCUT2D eigenvalue weighted by atomic mass is 9.99. The van der Waals surface area contributed by atoms with Crippen molar-refractivity contribution in [2.24, 2.45) is 5.92 Å². The van der Waals surface area contributed by atoms with Gasteiger partial charge in [-0.3, -0.25) is 10.1 Å². The fourth-order valence-electron chi connectivity index (χ4n) is 2.32. The summed E-state index contributed by atoms with van der Waals surface area (Å²) in [5, 5.41) is 23.8. The quantitative estimate of drug-likeness (QED) is 0.504. The van der Waals surface area contributed by atoms with E-state index in [2.05, 4.69) is 5.32 Å². The molecule has 1 aliphatic rings. The number of hydrogen-bond acceptors (Lipinski definition) is 4. The highest BCUT2D eigenvalue weighted by Crippen LogP contribution is 2.27. The molecule has 0 amide bonds. The Bertz CT molecular complexity index is 555. The van der Waals surface area contributed by atoms with Gasteiger partial charge >= 0.3 is 0 Å². The van der Waals surface area contributed by atoms with Gasteiger partial charge in [-0.15, -0.1) is 0 Å². The zero-order valence-corrected chi connectivity index (χ0v) is 12.9. The lowest BCUT2D eigenvalue weighted by Crippen LogP contribution is -2.43. The Kier molecular flexibility index (Phi) is 5.33. The van der Waals surface area contributed by atoms with E-state index in [1.54, 1.807) is 0 Å². The Balaban J connectivity index is 2.08. The van der Waals surface area contributed by atoms with E-state index in [1.165, 1.54) is 18.2 Å². The third-order valence-corrected chi connectivity index (χ3v) is 4.16. The maximum absolute atomic E-state index is 10.8. The molecule has 0 aromatic heterocycles. The van der Waals surface area contributed by atoms with Gasteiger partial charge in [0.15, 0.2) is 5.11 Å². The van der Waals surface area contributed by atoms with Crippen LogP contribution in [0.2, 0.25) is 5.02 Å². The normalized spacial score (nSPS) is 18.4. The van der Waals surface area contributed by atoms with E-state index < -0.39 is 4.92 Å². The molecular weight excluding hydrogens is 314 g/mol. The van der Waals surface area contributed by atoms with Crippen molar-refractivity contribution in [1.82, 2.24) is 4.90 Å². The first-order valence-corrected chi connectivity index (χ1v) is 7.40. The van der Waals surface area contributed by atoms with Crippen LogP contribution in [0.15, 0.2) is 18.2 Å². The minimum atomic E-state index is -0.479. The second kappa shape index (κ2) is 7.02. The molecule has 21 heavy (non-hydrogen) atoms. The maximum Gasteiger partial charge on any atom is 0.271 e. The van der Waals surface area contributed by atoms with Crippen molar-refractivity contribution in [2.75, 3.05) is 25.0 Å². The Morgan fingerprint density at radius 2 is 2.38 bits per heavy atom. The van der Waals surface area contributed by atoms with Crippen molar-refractivity contribution >= 4 is 40.3 Å². The van der Waals surface area contributed by atoms with Crippen LogP contribution >= 0.6 is 23.8 Å². The van der Waals surface area contributed by atoms with Crippen molar-refractivity contribution in [3.8, 4) is 0 Å². The number of nitrogens with one attached hydrogen (secondary N) is 1. The molecule has 1 aromatic rings. The molecule has 2 N–H and O–H groups in total. The SMILES string of the molecule is O=[N+]([O-])c1ccc(Cl)c(NC(=S)N2CCCC(CO)C2)c1. The van der Waals surface area contributed by atoms with Gasteiger partial charge in [0.05, 0.1) is 15.6 Å². The predicted octanol–water partition coefficient (Wildman–Crippen LogP) is 2.65. The number of aliphatic hydroxyl groups is 1. The van der Waals surface area contributed by atoms with E-state index in [-0.39, 0.29) is 18.2 Å². The number of hydrogen-bond donors (Lipinski definition) is 2. The van der Waals surface area contributed by atoms with E-state index >= 15 is 0 Å². The fourth-order valence-corrected chi connectivity index (χ4v) is 2.76. The number of likely N-dealkylation sites (tertiary alicyclic amines) is 1. The predicted molar refractivity (Wildman–Crippen MR) is 85.7 cm³/mol. The van der Waals surface area contributed by atoms with Crippen LogP contribution in [0.5, 0.6) is 0 Å². The number of benzene rings is 1. The van der Waals surface area contributed by atoms with Crippen LogP contribution in [0, 0.1) is 16.0 Å². The third-order valence-electron chi connectivity index (χ3n) is 3.47. The van der Waals surface area contributed by atoms with Crippen molar-refractivity contribution in [1.29, 1.82) is 0 Å². The molecular formula is C13H16ClN3O3S. The second-order valence-electron chi connectivity index (χ2n) is 4.99. The number of thiocarbonyl (C=S) groups is 1. The number of non-ortho nitro benzene ring substituents is 1. The summed E-state index contributed by atoms with van der Waals surface area (Å²) in [4.78, 5) is 12.3. The van der Waals surface area contributed by atoms with Crippen LogP contribution in [-0.4, -0.2) is 39.7 Å². The van der Waals surface area contributed by atoms with Crippen LogP contribution in [0.4, 0.5) is 11.4 Å². The molecule has 0 radical (unpaired) electrons. The molecule has 6 nitrogen and oxygen atoms in total. The molecule has 1 fully saturated rings. The largest absolute Gasteiger partial charge is 0.396 e. The molecule has 1 heterocycles. The minimum absolute atomic E-state index is 0.0448. The summed E-state index contributed by atoms with van der Waals surface area (Å²) in [6, 6.07) is 4.18. The number of anilines is 1. The van der Waals surface area contributed by atoms with Crippen LogP contribution in [0.3, 0.4) is 0 Å². The summed E-state index contributed by atoms with van der Waals surface area (Å²) in [5.41, 5.74) is 0.374. The number of nitro groups is 1. The number of aliphatic hydroxyl groups excluding tert-OH is 1. The molecule has 1 atom stereocenters. The Hall–Kier alpha value is -1.44. The molecule has 1 saturated heterocycles. The van der Waals surface area contributed by atoms with Gasteiger partial charge in [0.2, 0.25) is 0 Å². The van der Waals surface area contributed by atoms with E-state index in [4.69, 9.17) is 23.8 Å². The van der Waals surface area contributed by atoms with Gasteiger partial charge in [-0.1, -0.05) is 11.6 Å². The average molecular weight is 330 g/mol. The number of nitro benzene ring substituents is 1. The summed E-state index contributed by atoms with van der Waals surface area (Å²) < 4.78 is 0. The Labute approximate surface area is 132 Å². The molecule has 0 spiro atoms. The molecule has 114 valence electrons. The molecule has 1 aromatic carbocycles. The van der Waals surface area contributed by atoms with E-state index in [0.717, 1.165) is 19.4 Å². The van der Waals surface area contributed by atoms with Gasteiger partial charge in [0.25, 0.3) is 5.69 Å². The molecule has 1 unspecified atom stereocenters. The minimum Gasteiger partial charge on any atom is -0.396 e. The average Bonchev–Trinajstić information content (AvgIpc) is 2.49. The number of rotatable bonds is 3. The zero-order valence-electron chi connectivity index (χ0n) is 11.3. The zero-order chi connectivity index (χ0) is 15.4. The van der Waals surface area contributed by atoms with Crippen LogP contribution in [0.1, 0.15) is 12.8 Å². The highest BCUT2D eigenvalue weighted by molar-refractivity contribution is 7.80. The summed E-state index contributed by atoms with van der Waals surface area (Å²) in [7, 11) is 0. The first-order chi connectivity index (χ1) is 10.0. The van der Waals surface area contributed by atoms with Gasteiger partial charge in [-0.05, 0) is 37.0 Å². The van der Waals surface area contributed by atoms with Crippen LogP contribution < -0.4 is 5.32 Å². The number of nitrogens with zero attached hydrogens (tertiary/aromatic N) is 2. The van der Waals surface area contributed by atoms with Crippen LogP contribution in [0.25, 0.3) is 0 Å². The first-order valence-electron chi connectivity index (χ1n) is 6.62. The topological polar surface area (TPSA) is 78.6 Å². The van der Waals surface area contributed by atoms with Crippen molar-refractivity contribution in [3.05, 3.63) is 33.3 Å². The number of halogens is 1. The highest BCUT2D eigenvalue weighted by atomic mass is 35.5. The highest BCUT2D eigenvalue weighted by Gasteiger charge is 2.21. The van der Waals surface area contributed by atoms with Gasteiger partial charge < -0.3 is 15.3 Å². The lowest BCUT2D eigenvalue weighted by Gasteiger charge is -2.33. The monoisotopic (exact) mass is 329 g/mol. The van der Waals surface area contributed by atoms with Gasteiger partial charge in [0, 0.05) is 31.8 Å². The first kappa shape index (κ1) is 15.9. The van der Waals surface area contributed by atoms with Crippen molar-refractivity contribution in [3.63, 3.8) is 0 Å². The van der Waals surface area contributed by atoms with Crippen LogP contribution in [-0.2, 0) is 0 Å². The van der Waals surface area contributed by atoms with Gasteiger partial charge in [0.1, 0.15) is 0 Å². The summed E-state index contributed by atoms with van der Waals surface area (Å²) in [6.07, 6.45) is 1.93. The van der Waals surface area contributed by atoms with E-state index in [1.807, 2.05) is 4.90 Å². The molecule has 0 aliphatic carbocycles. The van der Waals surface area contributed by atoms with Crippen molar-refractivity contribution < 1.29 is 10.0 Å². The smallest absolute Gasteiger partial charge is 0.271 e. The maximum atomic E-state index is 10.8. The summed E-state index contributed by atoms with van der Waals surface area (Å²) >= 11 is 11.4. The summed E-state index contributed by atoms with van der Waals surface area (Å²) in [6.45, 7) is 1.61. The van der Waals surface area contributed by atoms with Gasteiger partial charge in [-0.2, -0.15) is 0 Å². The van der Waals surface area contributed by atoms with Gasteiger partial charge in [-0.25, -0.2) is 0 Å². The van der Waals surface area contributed by atoms with E-state index in [9.17, 15) is 15.2 Å². The molecule has 1 aliphatic heterocycles. The second-order valence-corrected chi connectivity index (χ2v) is 5.78. The third kappa shape index (κ3) is 4.03. The lowest BCUT2D eigenvalue weighted by molar-refractivity contribution is -0.384. The number of piperidine rings is 1. The van der Waals surface area contributed by atoms with E-state index in [0.29, 0.717) is 22.4 Å². The molecule has 0 saturated carbocycles. The Morgan fingerprint density at radius 1 is 1.62 bits per heavy atom. The summed E-state index contributed by atoms with van der Waals surface area (Å²) in [5.74, 6) is 0.207. The Morgan fingerprint density at radius 3 is 3.05 bits per heavy atom. The molecule has 8 heteroatoms. The molecule has 2 rings (SSSR count). The standard InChI is InChI=1S/C13H16ClN3O3S/c14-11-4-3-10(17(19)20)6-12(11)15-13(21)16-5-1-2-9(7-16)8-18/h3-4,6,9,18H,1-2,5,7-8H2,(H,15,21). The van der Waals surface area contributed by atoms with Crippen molar-refractivity contribution in [2.45, 2.75) is 12.8 Å².